The van der Waals surface area contributed by atoms with Crippen molar-refractivity contribution in [2.45, 2.75) is 13.0 Å². The predicted molar refractivity (Wildman–Crippen MR) is 56.5 cm³/mol. The average Bonchev–Trinajstić information content (AvgIpc) is 2.20. The summed E-state index contributed by atoms with van der Waals surface area (Å²) in [7, 11) is 1.43. The minimum Gasteiger partial charge on any atom is -0.372 e. The Bertz CT molecular complexity index is 370. The minimum atomic E-state index is -0.578. The number of rotatable bonds is 3. The first kappa shape index (κ1) is 11.9. The van der Waals surface area contributed by atoms with Gasteiger partial charge in [0.1, 0.15) is 11.9 Å². The van der Waals surface area contributed by atoms with Gasteiger partial charge in [-0.1, -0.05) is 11.6 Å². The molecular weight excluding hydrogens is 221 g/mol. The molecular formula is C10H11ClFNO2. The Labute approximate surface area is 92.2 Å². The molecule has 0 heterocycles. The number of carbonyl (C=O) groups is 1. The van der Waals surface area contributed by atoms with Crippen LogP contribution in [0.15, 0.2) is 18.2 Å². The zero-order valence-corrected chi connectivity index (χ0v) is 9.14. The Morgan fingerprint density at radius 2 is 2.27 bits per heavy atom. The lowest BCUT2D eigenvalue weighted by Crippen LogP contribution is -2.26. The normalized spacial score (nSPS) is 12.3. The van der Waals surface area contributed by atoms with Crippen molar-refractivity contribution in [3.8, 4) is 0 Å². The Morgan fingerprint density at radius 3 is 2.80 bits per heavy atom. The number of amides is 1. The first-order valence-corrected chi connectivity index (χ1v) is 4.71. The lowest BCUT2D eigenvalue weighted by Gasteiger charge is -2.11. The van der Waals surface area contributed by atoms with Crippen LogP contribution in [0.4, 0.5) is 10.1 Å². The van der Waals surface area contributed by atoms with Gasteiger partial charge >= 0.3 is 0 Å². The third-order valence-electron chi connectivity index (χ3n) is 1.91. The predicted octanol–water partition coefficient (Wildman–Crippen LogP) is 2.45. The Balaban J connectivity index is 2.77. The molecule has 0 fully saturated rings. The van der Waals surface area contributed by atoms with E-state index in [1.807, 2.05) is 0 Å². The summed E-state index contributed by atoms with van der Waals surface area (Å²) in [6.07, 6.45) is -0.578. The van der Waals surface area contributed by atoms with Crippen LogP contribution in [-0.2, 0) is 9.53 Å². The van der Waals surface area contributed by atoms with Crippen LogP contribution < -0.4 is 5.32 Å². The van der Waals surface area contributed by atoms with Gasteiger partial charge in [0.15, 0.2) is 0 Å². The smallest absolute Gasteiger partial charge is 0.253 e. The zero-order valence-electron chi connectivity index (χ0n) is 8.38. The summed E-state index contributed by atoms with van der Waals surface area (Å²) in [6, 6.07) is 3.76. The van der Waals surface area contributed by atoms with Crippen LogP contribution >= 0.6 is 11.6 Å². The van der Waals surface area contributed by atoms with Gasteiger partial charge in [0.25, 0.3) is 5.91 Å². The summed E-state index contributed by atoms with van der Waals surface area (Å²) >= 11 is 5.73. The van der Waals surface area contributed by atoms with E-state index >= 15 is 0 Å². The molecule has 0 aliphatic rings. The molecule has 15 heavy (non-hydrogen) atoms. The van der Waals surface area contributed by atoms with Crippen molar-refractivity contribution in [2.24, 2.45) is 0 Å². The molecule has 1 aromatic rings. The number of carbonyl (C=O) groups excluding carboxylic acids is 1. The highest BCUT2D eigenvalue weighted by Gasteiger charge is 2.13. The van der Waals surface area contributed by atoms with Gasteiger partial charge in [-0.2, -0.15) is 0 Å². The van der Waals surface area contributed by atoms with Gasteiger partial charge < -0.3 is 10.1 Å². The molecule has 0 radical (unpaired) electrons. The van der Waals surface area contributed by atoms with E-state index in [-0.39, 0.29) is 10.9 Å². The number of ether oxygens (including phenoxy) is 1. The lowest BCUT2D eigenvalue weighted by atomic mass is 10.3. The van der Waals surface area contributed by atoms with Crippen LogP contribution in [0.3, 0.4) is 0 Å². The Morgan fingerprint density at radius 1 is 1.60 bits per heavy atom. The number of hydrogen-bond donors (Lipinski definition) is 1. The molecule has 1 unspecified atom stereocenters. The van der Waals surface area contributed by atoms with Crippen molar-refractivity contribution >= 4 is 23.2 Å². The molecule has 0 aliphatic heterocycles. The third-order valence-corrected chi connectivity index (χ3v) is 2.22. The van der Waals surface area contributed by atoms with Crippen LogP contribution in [0.1, 0.15) is 6.92 Å². The molecule has 1 N–H and O–H groups in total. The monoisotopic (exact) mass is 231 g/mol. The molecule has 1 rings (SSSR count). The number of anilines is 1. The summed E-state index contributed by atoms with van der Waals surface area (Å²) in [4.78, 5) is 11.4. The molecule has 1 atom stereocenters. The van der Waals surface area contributed by atoms with Gasteiger partial charge in [0.05, 0.1) is 10.7 Å². The van der Waals surface area contributed by atoms with E-state index in [1.165, 1.54) is 19.2 Å². The maximum Gasteiger partial charge on any atom is 0.253 e. The first-order chi connectivity index (χ1) is 7.04. The average molecular weight is 232 g/mol. The molecule has 0 saturated carbocycles. The topological polar surface area (TPSA) is 38.3 Å². The zero-order chi connectivity index (χ0) is 11.4. The van der Waals surface area contributed by atoms with E-state index in [4.69, 9.17) is 16.3 Å². The standard InChI is InChI=1S/C10H11ClFNO2/c1-6(15-2)10(14)13-9-4-3-7(12)5-8(9)11/h3-6H,1-2H3,(H,13,14). The maximum absolute atomic E-state index is 12.7. The number of hydrogen-bond acceptors (Lipinski definition) is 2. The number of benzene rings is 1. The van der Waals surface area contributed by atoms with Crippen molar-refractivity contribution in [3.05, 3.63) is 29.0 Å². The van der Waals surface area contributed by atoms with Crippen LogP contribution in [0, 0.1) is 5.82 Å². The number of methoxy groups -OCH3 is 1. The molecule has 0 spiro atoms. The summed E-state index contributed by atoms with van der Waals surface area (Å²) in [5, 5.41) is 2.68. The summed E-state index contributed by atoms with van der Waals surface area (Å²) in [6.45, 7) is 1.60. The summed E-state index contributed by atoms with van der Waals surface area (Å²) in [5.41, 5.74) is 0.368. The molecule has 0 aromatic heterocycles. The number of nitrogens with one attached hydrogen (secondary N) is 1. The van der Waals surface area contributed by atoms with Crippen molar-refractivity contribution in [1.29, 1.82) is 0 Å². The van der Waals surface area contributed by atoms with E-state index in [1.54, 1.807) is 6.92 Å². The van der Waals surface area contributed by atoms with Crippen molar-refractivity contribution < 1.29 is 13.9 Å². The fraction of sp³-hybridized carbons (Fsp3) is 0.300. The molecule has 1 amide bonds. The van der Waals surface area contributed by atoms with E-state index in [9.17, 15) is 9.18 Å². The second kappa shape index (κ2) is 5.09. The van der Waals surface area contributed by atoms with Crippen molar-refractivity contribution in [3.63, 3.8) is 0 Å². The second-order valence-electron chi connectivity index (χ2n) is 2.99. The molecule has 0 bridgehead atoms. The highest BCUT2D eigenvalue weighted by molar-refractivity contribution is 6.33. The quantitative estimate of drug-likeness (QED) is 0.868. The summed E-state index contributed by atoms with van der Waals surface area (Å²) < 4.78 is 17.5. The van der Waals surface area contributed by atoms with E-state index in [2.05, 4.69) is 5.32 Å². The molecule has 82 valence electrons. The highest BCUT2D eigenvalue weighted by Crippen LogP contribution is 2.22. The minimum absolute atomic E-state index is 0.159. The SMILES string of the molecule is COC(C)C(=O)Nc1ccc(F)cc1Cl. The first-order valence-electron chi connectivity index (χ1n) is 4.33. The summed E-state index contributed by atoms with van der Waals surface area (Å²) in [5.74, 6) is -0.774. The van der Waals surface area contributed by atoms with Gasteiger partial charge in [-0.3, -0.25) is 4.79 Å². The van der Waals surface area contributed by atoms with Gasteiger partial charge in [0.2, 0.25) is 0 Å². The van der Waals surface area contributed by atoms with E-state index in [0.717, 1.165) is 6.07 Å². The fourth-order valence-corrected chi connectivity index (χ4v) is 1.15. The fourth-order valence-electron chi connectivity index (χ4n) is 0.932. The van der Waals surface area contributed by atoms with E-state index < -0.39 is 11.9 Å². The van der Waals surface area contributed by atoms with Gasteiger partial charge in [-0.25, -0.2) is 4.39 Å². The van der Waals surface area contributed by atoms with Crippen molar-refractivity contribution in [1.82, 2.24) is 0 Å². The highest BCUT2D eigenvalue weighted by atomic mass is 35.5. The Kier molecular flexibility index (Phi) is 4.05. The van der Waals surface area contributed by atoms with Gasteiger partial charge in [0, 0.05) is 7.11 Å². The maximum atomic E-state index is 12.7. The van der Waals surface area contributed by atoms with E-state index in [0.29, 0.717) is 5.69 Å². The third kappa shape index (κ3) is 3.18. The second-order valence-corrected chi connectivity index (χ2v) is 3.40. The van der Waals surface area contributed by atoms with Crippen LogP contribution in [0.25, 0.3) is 0 Å². The van der Waals surface area contributed by atoms with Crippen LogP contribution in [0.2, 0.25) is 5.02 Å². The van der Waals surface area contributed by atoms with Crippen LogP contribution in [0.5, 0.6) is 0 Å². The molecule has 0 aliphatic carbocycles. The lowest BCUT2D eigenvalue weighted by molar-refractivity contribution is -0.124. The molecule has 5 heteroatoms. The largest absolute Gasteiger partial charge is 0.372 e. The molecule has 3 nitrogen and oxygen atoms in total. The van der Waals surface area contributed by atoms with Gasteiger partial charge in [-0.15, -0.1) is 0 Å². The van der Waals surface area contributed by atoms with Crippen molar-refractivity contribution in [2.75, 3.05) is 12.4 Å². The Hall–Kier alpha value is -1.13. The molecule has 0 saturated heterocycles. The molecule has 1 aromatic carbocycles. The number of halogens is 2. The van der Waals surface area contributed by atoms with Crippen LogP contribution in [-0.4, -0.2) is 19.1 Å². The van der Waals surface area contributed by atoms with Gasteiger partial charge in [-0.05, 0) is 25.1 Å².